The zero-order chi connectivity index (χ0) is 25.5. The van der Waals surface area contributed by atoms with Gasteiger partial charge in [0.2, 0.25) is 11.9 Å². The number of fused-ring (bicyclic) bond motifs is 2. The second-order valence-corrected chi connectivity index (χ2v) is 10.3. The van der Waals surface area contributed by atoms with Crippen LogP contribution in [0.25, 0.3) is 11.3 Å². The Morgan fingerprint density at radius 2 is 1.84 bits per heavy atom. The Labute approximate surface area is 217 Å². The molecular formula is C27H33N9O. The van der Waals surface area contributed by atoms with Crippen molar-refractivity contribution in [2.24, 2.45) is 0 Å². The molecule has 3 aromatic rings. The summed E-state index contributed by atoms with van der Waals surface area (Å²) in [5.41, 5.74) is 3.75. The normalized spacial score (nSPS) is 21.5. The van der Waals surface area contributed by atoms with Crippen LogP contribution in [0.1, 0.15) is 18.9 Å². The fraction of sp³-hybridized carbons (Fsp3) is 0.444. The summed E-state index contributed by atoms with van der Waals surface area (Å²) in [5, 5.41) is 3.32. The molecule has 0 aromatic carbocycles. The van der Waals surface area contributed by atoms with Crippen LogP contribution in [0.2, 0.25) is 0 Å². The average Bonchev–Trinajstić information content (AvgIpc) is 3.49. The molecule has 10 heteroatoms. The summed E-state index contributed by atoms with van der Waals surface area (Å²) in [6, 6.07) is 9.26. The minimum Gasteiger partial charge on any atom is -0.353 e. The van der Waals surface area contributed by atoms with E-state index in [1.807, 2.05) is 35.5 Å². The number of likely N-dealkylation sites (tertiary alicyclic amines) is 1. The Morgan fingerprint density at radius 1 is 1.00 bits per heavy atom. The summed E-state index contributed by atoms with van der Waals surface area (Å²) < 4.78 is 0. The van der Waals surface area contributed by atoms with E-state index < -0.39 is 0 Å². The van der Waals surface area contributed by atoms with Gasteiger partial charge in [0.1, 0.15) is 11.6 Å². The van der Waals surface area contributed by atoms with Gasteiger partial charge in [0, 0.05) is 76.2 Å². The van der Waals surface area contributed by atoms with E-state index in [1.165, 1.54) is 6.42 Å². The Kier molecular flexibility index (Phi) is 6.11. The van der Waals surface area contributed by atoms with Gasteiger partial charge in [-0.3, -0.25) is 9.69 Å². The summed E-state index contributed by atoms with van der Waals surface area (Å²) in [6.45, 7) is 8.93. The number of likely N-dealkylation sites (N-methyl/N-ethyl adjacent to an activating group) is 1. The smallest absolute Gasteiger partial charge is 0.227 e. The highest BCUT2D eigenvalue weighted by Gasteiger charge is 2.42. The number of aryl methyl sites for hydroxylation is 1. The van der Waals surface area contributed by atoms with Crippen molar-refractivity contribution in [2.75, 3.05) is 61.4 Å². The molecule has 2 bridgehead atoms. The summed E-state index contributed by atoms with van der Waals surface area (Å²) in [7, 11) is 2.21. The largest absolute Gasteiger partial charge is 0.353 e. The number of nitrogens with one attached hydrogen (secondary N) is 1. The molecule has 6 rings (SSSR count). The first-order chi connectivity index (χ1) is 17.9. The lowest BCUT2D eigenvalue weighted by atomic mass is 10.2. The number of hydrogen-bond acceptors (Lipinski definition) is 9. The molecule has 0 spiro atoms. The van der Waals surface area contributed by atoms with Gasteiger partial charge in [-0.2, -0.15) is 0 Å². The van der Waals surface area contributed by atoms with Crippen LogP contribution in [0.3, 0.4) is 0 Å². The van der Waals surface area contributed by atoms with Gasteiger partial charge in [-0.25, -0.2) is 19.9 Å². The number of pyridine rings is 2. The number of amides is 1. The van der Waals surface area contributed by atoms with Gasteiger partial charge in [-0.15, -0.1) is 0 Å². The van der Waals surface area contributed by atoms with Crippen LogP contribution in [0.15, 0.2) is 42.9 Å². The van der Waals surface area contributed by atoms with Crippen molar-refractivity contribution < 1.29 is 4.79 Å². The van der Waals surface area contributed by atoms with Crippen molar-refractivity contribution >= 4 is 29.2 Å². The van der Waals surface area contributed by atoms with Gasteiger partial charge < -0.3 is 20.0 Å². The molecule has 0 unspecified atom stereocenters. The van der Waals surface area contributed by atoms with E-state index >= 15 is 0 Å². The molecular weight excluding hydrogens is 466 g/mol. The number of hydrogen-bond donors (Lipinski definition) is 1. The molecule has 2 atom stereocenters. The topological polar surface area (TPSA) is 93.6 Å². The lowest BCUT2D eigenvalue weighted by Crippen LogP contribution is -2.48. The van der Waals surface area contributed by atoms with Crippen molar-refractivity contribution in [3.8, 4) is 11.3 Å². The molecule has 3 saturated heterocycles. The van der Waals surface area contributed by atoms with Crippen LogP contribution in [0, 0.1) is 6.92 Å². The zero-order valence-corrected chi connectivity index (χ0v) is 21.6. The molecule has 0 saturated carbocycles. The third kappa shape index (κ3) is 4.69. The van der Waals surface area contributed by atoms with Gasteiger partial charge in [0.25, 0.3) is 0 Å². The highest BCUT2D eigenvalue weighted by molar-refractivity contribution is 5.73. The number of carbonyl (C=O) groups excluding carboxylic acids is 1. The van der Waals surface area contributed by atoms with Crippen molar-refractivity contribution in [1.29, 1.82) is 0 Å². The molecule has 10 nitrogen and oxygen atoms in total. The van der Waals surface area contributed by atoms with Crippen molar-refractivity contribution in [3.05, 3.63) is 48.4 Å². The third-order valence-corrected chi connectivity index (χ3v) is 7.84. The predicted molar refractivity (Wildman–Crippen MR) is 144 cm³/mol. The Hall–Kier alpha value is -3.79. The standard InChI is InChI=1S/C27H33N9O/c1-18-12-21(15-30-26(18)36-17-22-13-23(36)16-33(22)3)31-27-28-7-6-24(32-27)20-4-5-25(29-14-20)35-10-8-34(9-11-35)19(2)37/h4-7,12,14-15,22-23H,8-11,13,16-17H2,1-3H3,(H,28,31,32)/t22-,23-/m0/s1. The number of carbonyl (C=O) groups is 1. The molecule has 6 heterocycles. The van der Waals surface area contributed by atoms with E-state index in [1.54, 1.807) is 13.1 Å². The van der Waals surface area contributed by atoms with Crippen LogP contribution >= 0.6 is 0 Å². The Morgan fingerprint density at radius 3 is 2.49 bits per heavy atom. The van der Waals surface area contributed by atoms with Crippen LogP contribution < -0.4 is 15.1 Å². The highest BCUT2D eigenvalue weighted by Crippen LogP contribution is 2.34. The first-order valence-electron chi connectivity index (χ1n) is 12.9. The fourth-order valence-corrected chi connectivity index (χ4v) is 5.75. The maximum absolute atomic E-state index is 11.6. The Balaban J connectivity index is 1.12. The Bertz CT molecular complexity index is 1290. The molecule has 0 aliphatic carbocycles. The molecule has 37 heavy (non-hydrogen) atoms. The second kappa shape index (κ2) is 9.59. The van der Waals surface area contributed by atoms with Crippen LogP contribution in [-0.4, -0.2) is 94.0 Å². The molecule has 3 aliphatic heterocycles. The molecule has 0 radical (unpaired) electrons. The first kappa shape index (κ1) is 23.6. The van der Waals surface area contributed by atoms with Crippen molar-refractivity contribution in [1.82, 2.24) is 29.7 Å². The third-order valence-electron chi connectivity index (χ3n) is 7.84. The fourth-order valence-electron chi connectivity index (χ4n) is 5.75. The van der Waals surface area contributed by atoms with E-state index in [-0.39, 0.29) is 5.91 Å². The van der Waals surface area contributed by atoms with Crippen LogP contribution in [-0.2, 0) is 4.79 Å². The molecule has 3 fully saturated rings. The van der Waals surface area contributed by atoms with Crippen molar-refractivity contribution in [3.63, 3.8) is 0 Å². The lowest BCUT2D eigenvalue weighted by molar-refractivity contribution is -0.129. The van der Waals surface area contributed by atoms with Gasteiger partial charge in [-0.05, 0) is 50.2 Å². The lowest BCUT2D eigenvalue weighted by Gasteiger charge is -2.34. The minimum atomic E-state index is 0.129. The molecule has 3 aromatic heterocycles. The summed E-state index contributed by atoms with van der Waals surface area (Å²) >= 11 is 0. The molecule has 3 aliphatic rings. The second-order valence-electron chi connectivity index (χ2n) is 10.3. The van der Waals surface area contributed by atoms with Crippen LogP contribution in [0.4, 0.5) is 23.3 Å². The van der Waals surface area contributed by atoms with Gasteiger partial charge in [-0.1, -0.05) is 0 Å². The molecule has 1 N–H and O–H groups in total. The number of piperazine rings is 2. The van der Waals surface area contributed by atoms with E-state index in [2.05, 4.69) is 50.0 Å². The SMILES string of the molecule is CC(=O)N1CCN(c2ccc(-c3ccnc(Nc4cnc(N5C[C@@H]6C[C@H]5CN6C)c(C)c4)n3)cn2)CC1. The summed E-state index contributed by atoms with van der Waals surface area (Å²) in [6.07, 6.45) is 6.70. The van der Waals surface area contributed by atoms with E-state index in [0.29, 0.717) is 18.0 Å². The number of nitrogens with zero attached hydrogens (tertiary/aromatic N) is 8. The highest BCUT2D eigenvalue weighted by atomic mass is 16.2. The first-order valence-corrected chi connectivity index (χ1v) is 12.9. The molecule has 1 amide bonds. The minimum absolute atomic E-state index is 0.129. The van der Waals surface area contributed by atoms with E-state index in [9.17, 15) is 4.79 Å². The number of anilines is 4. The van der Waals surface area contributed by atoms with Gasteiger partial charge in [0.05, 0.1) is 17.6 Å². The van der Waals surface area contributed by atoms with Gasteiger partial charge >= 0.3 is 0 Å². The van der Waals surface area contributed by atoms with Crippen molar-refractivity contribution in [2.45, 2.75) is 32.4 Å². The monoisotopic (exact) mass is 499 g/mol. The molecule has 192 valence electrons. The van der Waals surface area contributed by atoms with Gasteiger partial charge in [0.15, 0.2) is 0 Å². The summed E-state index contributed by atoms with van der Waals surface area (Å²) in [5.74, 6) is 2.65. The van der Waals surface area contributed by atoms with Crippen LogP contribution in [0.5, 0.6) is 0 Å². The predicted octanol–water partition coefficient (Wildman–Crippen LogP) is 2.55. The quantitative estimate of drug-likeness (QED) is 0.568. The maximum Gasteiger partial charge on any atom is 0.227 e. The average molecular weight is 500 g/mol. The van der Waals surface area contributed by atoms with E-state index in [4.69, 9.17) is 9.97 Å². The number of aromatic nitrogens is 4. The van der Waals surface area contributed by atoms with E-state index in [0.717, 1.165) is 73.4 Å². The summed E-state index contributed by atoms with van der Waals surface area (Å²) in [4.78, 5) is 39.2. The maximum atomic E-state index is 11.6. The number of rotatable bonds is 5. The zero-order valence-electron chi connectivity index (χ0n) is 21.6.